The molecule has 0 spiro atoms. The van der Waals surface area contributed by atoms with E-state index in [1.165, 1.54) is 6.33 Å². The highest BCUT2D eigenvalue weighted by Crippen LogP contribution is 2.42. The van der Waals surface area contributed by atoms with Crippen LogP contribution in [0.1, 0.15) is 18.5 Å². The van der Waals surface area contributed by atoms with E-state index in [9.17, 15) is 4.79 Å². The van der Waals surface area contributed by atoms with Crippen LogP contribution in [0.5, 0.6) is 17.2 Å². The Morgan fingerprint density at radius 3 is 2.60 bits per heavy atom. The summed E-state index contributed by atoms with van der Waals surface area (Å²) in [6.45, 7) is 1.31. The van der Waals surface area contributed by atoms with Gasteiger partial charge in [0.25, 0.3) is 0 Å². The summed E-state index contributed by atoms with van der Waals surface area (Å²) in [4.78, 5) is 29.0. The molecule has 2 aromatic heterocycles. The number of halogens is 1. The molecule has 1 aliphatic heterocycles. The Balaban J connectivity index is 1.37. The van der Waals surface area contributed by atoms with E-state index in [1.54, 1.807) is 38.6 Å². The van der Waals surface area contributed by atoms with Gasteiger partial charge in [-0.15, -0.1) is 0 Å². The molecular formula is C36H35ClN6O4. The highest BCUT2D eigenvalue weighted by Gasteiger charge is 2.20. The van der Waals surface area contributed by atoms with Gasteiger partial charge in [-0.3, -0.25) is 14.7 Å². The fourth-order valence-electron chi connectivity index (χ4n) is 5.66. The average molecular weight is 651 g/mol. The lowest BCUT2D eigenvalue weighted by atomic mass is 9.97. The summed E-state index contributed by atoms with van der Waals surface area (Å²) < 4.78 is 17.0. The molecule has 3 aromatic carbocycles. The summed E-state index contributed by atoms with van der Waals surface area (Å²) in [5, 5.41) is 7.63. The number of likely N-dealkylation sites (tertiary alicyclic amines) is 1. The molecule has 47 heavy (non-hydrogen) atoms. The predicted octanol–water partition coefficient (Wildman–Crippen LogP) is 7.27. The van der Waals surface area contributed by atoms with Gasteiger partial charge in [0.05, 0.1) is 35.8 Å². The first-order chi connectivity index (χ1) is 22.9. The Bertz CT molecular complexity index is 1920. The van der Waals surface area contributed by atoms with Crippen molar-refractivity contribution in [2.24, 2.45) is 0 Å². The van der Waals surface area contributed by atoms with Gasteiger partial charge in [-0.05, 0) is 86.6 Å². The van der Waals surface area contributed by atoms with Gasteiger partial charge >= 0.3 is 0 Å². The number of nitrogens with zero attached hydrogens (tertiary/aromatic N) is 4. The van der Waals surface area contributed by atoms with Crippen LogP contribution in [0.2, 0.25) is 5.02 Å². The normalized spacial score (nSPS) is 14.8. The average Bonchev–Trinajstić information content (AvgIpc) is 3.51. The highest BCUT2D eigenvalue weighted by molar-refractivity contribution is 6.32. The van der Waals surface area contributed by atoms with E-state index < -0.39 is 0 Å². The minimum Gasteiger partial charge on any atom is -0.493 e. The van der Waals surface area contributed by atoms with Crippen molar-refractivity contribution in [1.82, 2.24) is 19.9 Å². The topological polar surface area (TPSA) is 111 Å². The van der Waals surface area contributed by atoms with E-state index in [0.29, 0.717) is 62.5 Å². The van der Waals surface area contributed by atoms with E-state index in [0.717, 1.165) is 30.6 Å². The molecule has 1 aliphatic rings. The number of carbonyl (C=O) groups is 1. The SMILES string of the molecule is COc1ccc(-c2c(NC(=O)/C=C/[C@H]3CCCN3C)ccc3ncnc(Nc4ccc(OCc5ccccn5)c(Cl)c4)c23)cc1OC. The highest BCUT2D eigenvalue weighted by atomic mass is 35.5. The van der Waals surface area contributed by atoms with Gasteiger partial charge in [0, 0.05) is 35.3 Å². The molecular weight excluding hydrogens is 616 g/mol. The number of rotatable bonds is 11. The zero-order valence-electron chi connectivity index (χ0n) is 26.4. The first kappa shape index (κ1) is 31.8. The number of anilines is 3. The number of amides is 1. The Morgan fingerprint density at radius 2 is 1.85 bits per heavy atom. The van der Waals surface area contributed by atoms with Crippen molar-refractivity contribution < 1.29 is 19.0 Å². The molecule has 6 rings (SSSR count). The summed E-state index contributed by atoms with van der Waals surface area (Å²) in [5.41, 5.74) is 4.25. The number of likely N-dealkylation sites (N-methyl/N-ethyl adjacent to an activating group) is 1. The summed E-state index contributed by atoms with van der Waals surface area (Å²) in [7, 11) is 5.25. The molecule has 5 aromatic rings. The second kappa shape index (κ2) is 14.5. The molecule has 0 unspecified atom stereocenters. The van der Waals surface area contributed by atoms with Gasteiger partial charge in [-0.25, -0.2) is 9.97 Å². The third-order valence-corrected chi connectivity index (χ3v) is 8.37. The number of hydrogen-bond donors (Lipinski definition) is 2. The molecule has 0 aliphatic carbocycles. The Labute approximate surface area is 278 Å². The zero-order valence-corrected chi connectivity index (χ0v) is 27.1. The number of methoxy groups -OCH3 is 2. The number of pyridine rings is 1. The van der Waals surface area contributed by atoms with Crippen LogP contribution >= 0.6 is 11.6 Å². The van der Waals surface area contributed by atoms with Crippen LogP contribution < -0.4 is 24.8 Å². The lowest BCUT2D eigenvalue weighted by molar-refractivity contribution is -0.111. The van der Waals surface area contributed by atoms with Crippen molar-refractivity contribution in [3.63, 3.8) is 0 Å². The third kappa shape index (κ3) is 7.29. The van der Waals surface area contributed by atoms with Gasteiger partial charge in [0.15, 0.2) is 11.5 Å². The summed E-state index contributed by atoms with van der Waals surface area (Å²) in [5.74, 6) is 1.95. The minimum atomic E-state index is -0.231. The number of carbonyl (C=O) groups excluding carboxylic acids is 1. The van der Waals surface area contributed by atoms with Crippen molar-refractivity contribution >= 4 is 45.6 Å². The number of aromatic nitrogens is 3. The quantitative estimate of drug-likeness (QED) is 0.143. The van der Waals surface area contributed by atoms with Crippen molar-refractivity contribution in [3.05, 3.63) is 102 Å². The Kier molecular flexibility index (Phi) is 9.80. The largest absolute Gasteiger partial charge is 0.493 e. The van der Waals surface area contributed by atoms with Crippen molar-refractivity contribution in [2.45, 2.75) is 25.5 Å². The Hall–Kier alpha value is -5.19. The zero-order chi connectivity index (χ0) is 32.8. The minimum absolute atomic E-state index is 0.231. The number of ether oxygens (including phenoxy) is 3. The number of nitrogens with one attached hydrogen (secondary N) is 2. The van der Waals surface area contributed by atoms with Crippen LogP contribution in [0.25, 0.3) is 22.0 Å². The maximum absolute atomic E-state index is 13.3. The van der Waals surface area contributed by atoms with Crippen LogP contribution in [-0.2, 0) is 11.4 Å². The van der Waals surface area contributed by atoms with E-state index >= 15 is 0 Å². The van der Waals surface area contributed by atoms with E-state index in [2.05, 4.69) is 37.5 Å². The molecule has 0 radical (unpaired) electrons. The molecule has 2 N–H and O–H groups in total. The maximum atomic E-state index is 13.3. The van der Waals surface area contributed by atoms with Crippen LogP contribution in [0.4, 0.5) is 17.2 Å². The second-order valence-corrected chi connectivity index (χ2v) is 11.5. The van der Waals surface area contributed by atoms with Crippen molar-refractivity contribution in [3.8, 4) is 28.4 Å². The maximum Gasteiger partial charge on any atom is 0.248 e. The second-order valence-electron chi connectivity index (χ2n) is 11.1. The van der Waals surface area contributed by atoms with Crippen molar-refractivity contribution in [1.29, 1.82) is 0 Å². The molecule has 11 heteroatoms. The molecule has 10 nitrogen and oxygen atoms in total. The molecule has 1 amide bonds. The first-order valence-electron chi connectivity index (χ1n) is 15.2. The predicted molar refractivity (Wildman–Crippen MR) is 185 cm³/mol. The molecule has 3 heterocycles. The standard InChI is InChI=1S/C36H35ClN6O4/c1-43-18-6-8-26(43)11-16-33(44)42-29-13-12-28-35(34(29)23-9-14-31(45-2)32(19-23)46-3)36(40-22-39-28)41-24-10-15-30(27(37)20-24)47-21-25-7-4-5-17-38-25/h4-5,7,9-17,19-20,22,26H,6,8,18,21H2,1-3H3,(H,42,44)(H,39,40,41)/b16-11+/t26-/m1/s1. The van der Waals surface area contributed by atoms with Gasteiger partial charge in [-0.2, -0.15) is 0 Å². The monoisotopic (exact) mass is 650 g/mol. The molecule has 0 saturated carbocycles. The van der Waals surface area contributed by atoms with Gasteiger partial charge < -0.3 is 24.8 Å². The van der Waals surface area contributed by atoms with Gasteiger partial charge in [0.2, 0.25) is 5.91 Å². The van der Waals surface area contributed by atoms with Gasteiger partial charge in [0.1, 0.15) is 24.5 Å². The molecule has 1 atom stereocenters. The number of hydrogen-bond acceptors (Lipinski definition) is 9. The van der Waals surface area contributed by atoms with E-state index in [4.69, 9.17) is 25.8 Å². The summed E-state index contributed by atoms with van der Waals surface area (Å²) in [6.07, 6.45) is 8.93. The first-order valence-corrected chi connectivity index (χ1v) is 15.6. The van der Waals surface area contributed by atoms with Crippen LogP contribution in [0.15, 0.2) is 91.4 Å². The fraction of sp³-hybridized carbons (Fsp3) is 0.222. The smallest absolute Gasteiger partial charge is 0.248 e. The van der Waals surface area contributed by atoms with E-state index in [1.807, 2.05) is 60.7 Å². The summed E-state index contributed by atoms with van der Waals surface area (Å²) >= 11 is 6.64. The van der Waals surface area contributed by atoms with Crippen LogP contribution in [-0.4, -0.2) is 59.6 Å². The van der Waals surface area contributed by atoms with E-state index in [-0.39, 0.29) is 11.9 Å². The molecule has 1 saturated heterocycles. The molecule has 240 valence electrons. The lowest BCUT2D eigenvalue weighted by Gasteiger charge is -2.18. The number of fused-ring (bicyclic) bond motifs is 1. The summed E-state index contributed by atoms with van der Waals surface area (Å²) in [6, 6.07) is 20.6. The van der Waals surface area contributed by atoms with Gasteiger partial charge in [-0.1, -0.05) is 29.8 Å². The molecule has 0 bridgehead atoms. The number of benzene rings is 3. The van der Waals surface area contributed by atoms with Crippen LogP contribution in [0.3, 0.4) is 0 Å². The fourth-order valence-corrected chi connectivity index (χ4v) is 5.90. The molecule has 1 fully saturated rings. The van der Waals surface area contributed by atoms with Crippen molar-refractivity contribution in [2.75, 3.05) is 38.4 Å². The van der Waals surface area contributed by atoms with Crippen LogP contribution in [0, 0.1) is 0 Å². The Morgan fingerprint density at radius 1 is 1.00 bits per heavy atom. The lowest BCUT2D eigenvalue weighted by Crippen LogP contribution is -2.23. The third-order valence-electron chi connectivity index (χ3n) is 8.08.